The van der Waals surface area contributed by atoms with Crippen molar-refractivity contribution in [3.63, 3.8) is 0 Å². The summed E-state index contributed by atoms with van der Waals surface area (Å²) in [6.07, 6.45) is 2.32. The van der Waals surface area contributed by atoms with Gasteiger partial charge in [-0.2, -0.15) is 0 Å². The van der Waals surface area contributed by atoms with Crippen molar-refractivity contribution in [2.24, 2.45) is 5.92 Å². The standard InChI is InChI=1S/C22H26ClN3O2.ClH/c23-19-9-5-4-8-18(19)22(28)26-20(17-6-2-1-3-7-17)14-21(27)25-13-11-16-10-12-24-15-16;/h1-9,16,20,24H,10-15H2,(H,25,27)(H,26,28);1H. The Bertz CT molecular complexity index is 796. The van der Waals surface area contributed by atoms with Crippen molar-refractivity contribution in [1.82, 2.24) is 16.0 Å². The van der Waals surface area contributed by atoms with Gasteiger partial charge in [0.25, 0.3) is 5.91 Å². The molecule has 0 aliphatic carbocycles. The summed E-state index contributed by atoms with van der Waals surface area (Å²) < 4.78 is 0. The molecule has 0 bridgehead atoms. The maximum Gasteiger partial charge on any atom is 0.253 e. The molecule has 0 saturated carbocycles. The first kappa shape index (κ1) is 23.2. The lowest BCUT2D eigenvalue weighted by Gasteiger charge is -2.20. The SMILES string of the molecule is Cl.O=C(CC(NC(=O)c1ccccc1Cl)c1ccccc1)NCCC1CCNC1. The number of benzene rings is 2. The van der Waals surface area contributed by atoms with E-state index in [4.69, 9.17) is 11.6 Å². The number of hydrogen-bond acceptors (Lipinski definition) is 3. The van der Waals surface area contributed by atoms with Crippen LogP contribution in [0.2, 0.25) is 5.02 Å². The van der Waals surface area contributed by atoms with Gasteiger partial charge in [0.15, 0.2) is 0 Å². The van der Waals surface area contributed by atoms with Crippen molar-refractivity contribution in [2.45, 2.75) is 25.3 Å². The Hall–Kier alpha value is -2.08. The molecule has 0 spiro atoms. The van der Waals surface area contributed by atoms with Crippen LogP contribution in [0.25, 0.3) is 0 Å². The number of amides is 2. The summed E-state index contributed by atoms with van der Waals surface area (Å²) in [6, 6.07) is 16.0. The number of hydrogen-bond donors (Lipinski definition) is 3. The normalized spacial score (nSPS) is 16.5. The van der Waals surface area contributed by atoms with Gasteiger partial charge in [-0.3, -0.25) is 9.59 Å². The largest absolute Gasteiger partial charge is 0.356 e. The van der Waals surface area contributed by atoms with Crippen molar-refractivity contribution in [1.29, 1.82) is 0 Å². The third kappa shape index (κ3) is 7.03. The van der Waals surface area contributed by atoms with Gasteiger partial charge in [0.1, 0.15) is 0 Å². The molecule has 2 atom stereocenters. The van der Waals surface area contributed by atoms with E-state index >= 15 is 0 Å². The van der Waals surface area contributed by atoms with E-state index in [-0.39, 0.29) is 30.6 Å². The van der Waals surface area contributed by atoms with Crippen molar-refractivity contribution in [3.8, 4) is 0 Å². The second kappa shape index (κ2) is 11.8. The molecule has 5 nitrogen and oxygen atoms in total. The van der Waals surface area contributed by atoms with Crippen LogP contribution in [0.1, 0.15) is 41.2 Å². The Morgan fingerprint density at radius 2 is 1.83 bits per heavy atom. The molecule has 1 fully saturated rings. The van der Waals surface area contributed by atoms with Crippen LogP contribution in [0, 0.1) is 5.92 Å². The van der Waals surface area contributed by atoms with Gasteiger partial charge in [0.05, 0.1) is 23.0 Å². The van der Waals surface area contributed by atoms with E-state index in [9.17, 15) is 9.59 Å². The Morgan fingerprint density at radius 1 is 1.10 bits per heavy atom. The molecule has 3 rings (SSSR count). The summed E-state index contributed by atoms with van der Waals surface area (Å²) in [6.45, 7) is 2.74. The molecule has 29 heavy (non-hydrogen) atoms. The maximum atomic E-state index is 12.7. The number of nitrogens with one attached hydrogen (secondary N) is 3. The number of halogens is 2. The fourth-order valence-electron chi connectivity index (χ4n) is 3.45. The van der Waals surface area contributed by atoms with Crippen LogP contribution >= 0.6 is 24.0 Å². The van der Waals surface area contributed by atoms with E-state index in [0.717, 1.165) is 31.5 Å². The molecule has 0 radical (unpaired) electrons. The lowest BCUT2D eigenvalue weighted by atomic mass is 10.0. The Kier molecular flexibility index (Phi) is 9.45. The second-order valence-corrected chi connectivity index (χ2v) is 7.53. The molecule has 7 heteroatoms. The van der Waals surface area contributed by atoms with Crippen molar-refractivity contribution < 1.29 is 9.59 Å². The number of carbonyl (C=O) groups excluding carboxylic acids is 2. The minimum absolute atomic E-state index is 0. The van der Waals surface area contributed by atoms with E-state index in [1.165, 1.54) is 0 Å². The summed E-state index contributed by atoms with van der Waals surface area (Å²) in [5.41, 5.74) is 1.29. The minimum Gasteiger partial charge on any atom is -0.356 e. The first-order chi connectivity index (χ1) is 13.6. The molecule has 2 aromatic rings. The summed E-state index contributed by atoms with van der Waals surface area (Å²) >= 11 is 6.14. The van der Waals surface area contributed by atoms with Crippen LogP contribution in [0.4, 0.5) is 0 Å². The van der Waals surface area contributed by atoms with Gasteiger partial charge in [-0.25, -0.2) is 0 Å². The first-order valence-corrected chi connectivity index (χ1v) is 10.1. The number of rotatable bonds is 8. The van der Waals surface area contributed by atoms with E-state index in [1.54, 1.807) is 24.3 Å². The van der Waals surface area contributed by atoms with Crippen LogP contribution in [0.3, 0.4) is 0 Å². The van der Waals surface area contributed by atoms with Gasteiger partial charge in [-0.15, -0.1) is 12.4 Å². The summed E-state index contributed by atoms with van der Waals surface area (Å²) in [5, 5.41) is 9.67. The number of carbonyl (C=O) groups is 2. The molecular formula is C22H27Cl2N3O2. The first-order valence-electron chi connectivity index (χ1n) is 9.71. The van der Waals surface area contributed by atoms with Crippen molar-refractivity contribution in [3.05, 3.63) is 70.7 Å². The lowest BCUT2D eigenvalue weighted by molar-refractivity contribution is -0.121. The van der Waals surface area contributed by atoms with E-state index in [1.807, 2.05) is 30.3 Å². The van der Waals surface area contributed by atoms with E-state index in [2.05, 4.69) is 16.0 Å². The molecule has 1 heterocycles. The zero-order valence-electron chi connectivity index (χ0n) is 16.2. The average molecular weight is 436 g/mol. The molecule has 156 valence electrons. The fraction of sp³-hybridized carbons (Fsp3) is 0.364. The highest BCUT2D eigenvalue weighted by Gasteiger charge is 2.21. The van der Waals surface area contributed by atoms with Gasteiger partial charge in [0.2, 0.25) is 5.91 Å². The monoisotopic (exact) mass is 435 g/mol. The lowest BCUT2D eigenvalue weighted by Crippen LogP contribution is -2.34. The van der Waals surface area contributed by atoms with Crippen LogP contribution in [-0.4, -0.2) is 31.4 Å². The topological polar surface area (TPSA) is 70.2 Å². The Morgan fingerprint density at radius 3 is 2.52 bits per heavy atom. The molecule has 2 unspecified atom stereocenters. The predicted octanol–water partition coefficient (Wildman–Crippen LogP) is 3.74. The van der Waals surface area contributed by atoms with Crippen LogP contribution in [0.15, 0.2) is 54.6 Å². The van der Waals surface area contributed by atoms with Crippen molar-refractivity contribution in [2.75, 3.05) is 19.6 Å². The Balaban J connectivity index is 0.00000300. The molecule has 1 saturated heterocycles. The summed E-state index contributed by atoms with van der Waals surface area (Å²) in [5.74, 6) is 0.272. The zero-order chi connectivity index (χ0) is 19.8. The van der Waals surface area contributed by atoms with Gasteiger partial charge in [0, 0.05) is 6.54 Å². The third-order valence-electron chi connectivity index (χ3n) is 5.05. The summed E-state index contributed by atoms with van der Waals surface area (Å²) in [7, 11) is 0. The molecular weight excluding hydrogens is 409 g/mol. The van der Waals surface area contributed by atoms with E-state index < -0.39 is 6.04 Å². The van der Waals surface area contributed by atoms with E-state index in [0.29, 0.717) is 23.0 Å². The minimum atomic E-state index is -0.418. The fourth-order valence-corrected chi connectivity index (χ4v) is 3.67. The second-order valence-electron chi connectivity index (χ2n) is 7.12. The van der Waals surface area contributed by atoms with Gasteiger partial charge < -0.3 is 16.0 Å². The quantitative estimate of drug-likeness (QED) is 0.591. The maximum absolute atomic E-state index is 12.7. The highest BCUT2D eigenvalue weighted by Crippen LogP contribution is 2.20. The van der Waals surface area contributed by atoms with Gasteiger partial charge >= 0.3 is 0 Å². The summed E-state index contributed by atoms with van der Waals surface area (Å²) in [4.78, 5) is 25.2. The predicted molar refractivity (Wildman–Crippen MR) is 119 cm³/mol. The molecule has 2 aromatic carbocycles. The zero-order valence-corrected chi connectivity index (χ0v) is 17.8. The van der Waals surface area contributed by atoms with Crippen LogP contribution in [-0.2, 0) is 4.79 Å². The Labute approximate surface area is 183 Å². The molecule has 1 aliphatic rings. The third-order valence-corrected chi connectivity index (χ3v) is 5.38. The van der Waals surface area contributed by atoms with Crippen molar-refractivity contribution >= 4 is 35.8 Å². The van der Waals surface area contributed by atoms with Gasteiger partial charge in [-0.05, 0) is 49.5 Å². The van der Waals surface area contributed by atoms with Crippen LogP contribution in [0.5, 0.6) is 0 Å². The highest BCUT2D eigenvalue weighted by atomic mass is 35.5. The van der Waals surface area contributed by atoms with Crippen LogP contribution < -0.4 is 16.0 Å². The highest BCUT2D eigenvalue weighted by molar-refractivity contribution is 6.33. The van der Waals surface area contributed by atoms with Gasteiger partial charge in [-0.1, -0.05) is 54.1 Å². The molecule has 3 N–H and O–H groups in total. The molecule has 2 amide bonds. The molecule has 0 aromatic heterocycles. The smallest absolute Gasteiger partial charge is 0.253 e. The average Bonchev–Trinajstić information content (AvgIpc) is 3.22. The molecule has 1 aliphatic heterocycles.